The first kappa shape index (κ1) is 12.5. The number of nitrogens with zero attached hydrogens (tertiary/aromatic N) is 1. The number of pyridine rings is 1. The van der Waals surface area contributed by atoms with E-state index in [1.807, 2.05) is 6.07 Å². The molecule has 2 nitrogen and oxygen atoms in total. The summed E-state index contributed by atoms with van der Waals surface area (Å²) in [5.74, 6) is 0.574. The Labute approximate surface area is 97.1 Å². The molecule has 0 radical (unpaired) electrons. The predicted molar refractivity (Wildman–Crippen MR) is 65.3 cm³/mol. The molecule has 84 valence electrons. The number of hydrogen-bond acceptors (Lipinski definition) is 2. The smallest absolute Gasteiger partial charge is 0.0621 e. The summed E-state index contributed by atoms with van der Waals surface area (Å²) in [4.78, 5) is 3.99. The molecule has 0 aliphatic heterocycles. The van der Waals surface area contributed by atoms with E-state index in [-0.39, 0.29) is 0 Å². The normalized spacial score (nSPS) is 14.9. The van der Waals surface area contributed by atoms with Gasteiger partial charge in [-0.05, 0) is 37.4 Å². The van der Waals surface area contributed by atoms with E-state index < -0.39 is 0 Å². The summed E-state index contributed by atoms with van der Waals surface area (Å²) in [6, 6.07) is 2.51. The van der Waals surface area contributed by atoms with Crippen molar-refractivity contribution in [2.75, 3.05) is 6.54 Å². The summed E-state index contributed by atoms with van der Waals surface area (Å²) in [7, 11) is 0. The summed E-state index contributed by atoms with van der Waals surface area (Å²) in [6.07, 6.45) is 4.50. The summed E-state index contributed by atoms with van der Waals surface area (Å²) >= 11 is 6.07. The quantitative estimate of drug-likeness (QED) is 0.835. The van der Waals surface area contributed by atoms with Crippen LogP contribution < -0.4 is 5.32 Å². The Balaban J connectivity index is 2.58. The van der Waals surface area contributed by atoms with Gasteiger partial charge in [0.15, 0.2) is 0 Å². The minimum Gasteiger partial charge on any atom is -0.314 e. The lowest BCUT2D eigenvalue weighted by Gasteiger charge is -2.20. The number of halogens is 1. The van der Waals surface area contributed by atoms with Crippen LogP contribution >= 0.6 is 11.6 Å². The third-order valence-electron chi connectivity index (χ3n) is 2.78. The molecule has 0 bridgehead atoms. The van der Waals surface area contributed by atoms with E-state index in [4.69, 9.17) is 11.6 Å². The minimum atomic E-state index is 0.513. The average Bonchev–Trinajstić information content (AvgIpc) is 2.21. The highest BCUT2D eigenvalue weighted by Gasteiger charge is 2.12. The average molecular weight is 227 g/mol. The second-order valence-corrected chi connectivity index (χ2v) is 4.40. The molecular formula is C12H19ClN2. The highest BCUT2D eigenvalue weighted by molar-refractivity contribution is 6.31. The predicted octanol–water partition coefficient (Wildman–Crippen LogP) is 2.91. The van der Waals surface area contributed by atoms with Crippen molar-refractivity contribution in [3.63, 3.8) is 0 Å². The molecule has 0 fully saturated rings. The van der Waals surface area contributed by atoms with Gasteiger partial charge in [-0.2, -0.15) is 0 Å². The van der Waals surface area contributed by atoms with Gasteiger partial charge in [-0.25, -0.2) is 0 Å². The topological polar surface area (TPSA) is 24.9 Å². The van der Waals surface area contributed by atoms with Crippen LogP contribution in [0.2, 0.25) is 5.02 Å². The van der Waals surface area contributed by atoms with Crippen molar-refractivity contribution < 1.29 is 0 Å². The fraction of sp³-hybridized carbons (Fsp3) is 0.583. The molecule has 1 aromatic heterocycles. The van der Waals surface area contributed by atoms with Crippen molar-refractivity contribution in [1.29, 1.82) is 0 Å². The lowest BCUT2D eigenvalue weighted by atomic mass is 9.95. The fourth-order valence-corrected chi connectivity index (χ4v) is 1.81. The second-order valence-electron chi connectivity index (χ2n) is 3.99. The molecule has 3 heteroatoms. The van der Waals surface area contributed by atoms with Gasteiger partial charge in [0.1, 0.15) is 0 Å². The Bertz CT molecular complexity index is 301. The van der Waals surface area contributed by atoms with E-state index in [0.717, 1.165) is 18.0 Å². The molecule has 0 saturated carbocycles. The maximum atomic E-state index is 6.07. The molecule has 0 saturated heterocycles. The summed E-state index contributed by atoms with van der Waals surface area (Å²) in [5, 5.41) is 4.20. The van der Waals surface area contributed by atoms with Gasteiger partial charge in [0.05, 0.1) is 5.02 Å². The minimum absolute atomic E-state index is 0.513. The molecule has 0 aliphatic carbocycles. The standard InChI is InChI=1S/C12H19ClN2/c1-4-15-10(3)9(2)7-11-5-6-14-8-12(11)13/h5-6,8-10,15H,4,7H2,1-3H3. The third kappa shape index (κ3) is 3.80. The molecule has 2 atom stereocenters. The van der Waals surface area contributed by atoms with Crippen LogP contribution in [0.3, 0.4) is 0 Å². The van der Waals surface area contributed by atoms with Crippen molar-refractivity contribution in [2.45, 2.75) is 33.2 Å². The number of rotatable bonds is 5. The molecular weight excluding hydrogens is 208 g/mol. The highest BCUT2D eigenvalue weighted by Crippen LogP contribution is 2.19. The van der Waals surface area contributed by atoms with Crippen molar-refractivity contribution in [1.82, 2.24) is 10.3 Å². The lowest BCUT2D eigenvalue weighted by molar-refractivity contribution is 0.406. The Morgan fingerprint density at radius 3 is 2.80 bits per heavy atom. The van der Waals surface area contributed by atoms with Gasteiger partial charge in [-0.1, -0.05) is 25.4 Å². The van der Waals surface area contributed by atoms with Gasteiger partial charge in [0, 0.05) is 18.4 Å². The van der Waals surface area contributed by atoms with Gasteiger partial charge in [-0.15, -0.1) is 0 Å². The lowest BCUT2D eigenvalue weighted by Crippen LogP contribution is -2.32. The van der Waals surface area contributed by atoms with Crippen LogP contribution in [-0.2, 0) is 6.42 Å². The number of aromatic nitrogens is 1. The van der Waals surface area contributed by atoms with Crippen LogP contribution in [0, 0.1) is 5.92 Å². The molecule has 2 unspecified atom stereocenters. The maximum Gasteiger partial charge on any atom is 0.0621 e. The Kier molecular flexibility index (Phi) is 5.06. The van der Waals surface area contributed by atoms with Crippen LogP contribution in [0.15, 0.2) is 18.5 Å². The van der Waals surface area contributed by atoms with E-state index in [0.29, 0.717) is 12.0 Å². The summed E-state index contributed by atoms with van der Waals surface area (Å²) < 4.78 is 0. The summed E-state index contributed by atoms with van der Waals surface area (Å²) in [6.45, 7) is 7.59. The first-order valence-electron chi connectivity index (χ1n) is 5.47. The van der Waals surface area contributed by atoms with Crippen LogP contribution in [0.4, 0.5) is 0 Å². The van der Waals surface area contributed by atoms with Gasteiger partial charge in [0.25, 0.3) is 0 Å². The van der Waals surface area contributed by atoms with Crippen LogP contribution in [0.25, 0.3) is 0 Å². The molecule has 15 heavy (non-hydrogen) atoms. The van der Waals surface area contributed by atoms with E-state index in [2.05, 4.69) is 31.1 Å². The molecule has 1 aromatic rings. The van der Waals surface area contributed by atoms with Crippen molar-refractivity contribution in [3.8, 4) is 0 Å². The molecule has 0 aromatic carbocycles. The molecule has 1 N–H and O–H groups in total. The second kappa shape index (κ2) is 6.09. The van der Waals surface area contributed by atoms with Gasteiger partial charge < -0.3 is 5.32 Å². The van der Waals surface area contributed by atoms with Crippen LogP contribution in [-0.4, -0.2) is 17.6 Å². The van der Waals surface area contributed by atoms with Crippen LogP contribution in [0.1, 0.15) is 26.3 Å². The maximum absolute atomic E-state index is 6.07. The molecule has 1 heterocycles. The van der Waals surface area contributed by atoms with Gasteiger partial charge in [0.2, 0.25) is 0 Å². The Hall–Kier alpha value is -0.600. The largest absolute Gasteiger partial charge is 0.314 e. The zero-order valence-electron chi connectivity index (χ0n) is 9.63. The van der Waals surface area contributed by atoms with E-state index >= 15 is 0 Å². The number of hydrogen-bond donors (Lipinski definition) is 1. The van der Waals surface area contributed by atoms with Gasteiger partial charge >= 0.3 is 0 Å². The molecule has 0 amide bonds. The molecule has 0 aliphatic rings. The highest BCUT2D eigenvalue weighted by atomic mass is 35.5. The van der Waals surface area contributed by atoms with E-state index in [1.54, 1.807) is 12.4 Å². The fourth-order valence-electron chi connectivity index (χ4n) is 1.62. The Morgan fingerprint density at radius 1 is 1.47 bits per heavy atom. The SMILES string of the molecule is CCNC(C)C(C)Cc1ccncc1Cl. The van der Waals surface area contributed by atoms with Crippen molar-refractivity contribution in [3.05, 3.63) is 29.0 Å². The number of nitrogens with one attached hydrogen (secondary N) is 1. The molecule has 0 spiro atoms. The first-order chi connectivity index (χ1) is 7.15. The third-order valence-corrected chi connectivity index (χ3v) is 3.12. The van der Waals surface area contributed by atoms with E-state index in [9.17, 15) is 0 Å². The van der Waals surface area contributed by atoms with Crippen LogP contribution in [0.5, 0.6) is 0 Å². The van der Waals surface area contributed by atoms with E-state index in [1.165, 1.54) is 5.56 Å². The molecule has 1 rings (SSSR count). The zero-order chi connectivity index (χ0) is 11.3. The summed E-state index contributed by atoms with van der Waals surface area (Å²) in [5.41, 5.74) is 1.18. The zero-order valence-corrected chi connectivity index (χ0v) is 10.4. The van der Waals surface area contributed by atoms with Crippen molar-refractivity contribution in [2.24, 2.45) is 5.92 Å². The first-order valence-corrected chi connectivity index (χ1v) is 5.84. The monoisotopic (exact) mass is 226 g/mol. The van der Waals surface area contributed by atoms with Gasteiger partial charge in [-0.3, -0.25) is 4.98 Å². The van der Waals surface area contributed by atoms with Crippen molar-refractivity contribution >= 4 is 11.6 Å². The Morgan fingerprint density at radius 2 is 2.20 bits per heavy atom.